The van der Waals surface area contributed by atoms with E-state index in [1.807, 2.05) is 0 Å². The molecule has 10 nitrogen and oxygen atoms in total. The monoisotopic (exact) mass is 373 g/mol. The lowest BCUT2D eigenvalue weighted by atomic mass is 10.1. The maximum absolute atomic E-state index is 12.5. The number of rotatable bonds is 7. The summed E-state index contributed by atoms with van der Waals surface area (Å²) in [6.07, 6.45) is -0.780. The van der Waals surface area contributed by atoms with Crippen molar-refractivity contribution in [3.8, 4) is 0 Å². The summed E-state index contributed by atoms with van der Waals surface area (Å²) >= 11 is 0. The Bertz CT molecular complexity index is 856. The minimum Gasteiger partial charge on any atom is -0.450 e. The third kappa shape index (κ3) is 4.91. The molecule has 1 unspecified atom stereocenters. The van der Waals surface area contributed by atoms with Gasteiger partial charge in [0.05, 0.1) is 17.6 Å². The second-order valence-electron chi connectivity index (χ2n) is 5.49. The first kappa shape index (κ1) is 19.6. The van der Waals surface area contributed by atoms with Gasteiger partial charge in [-0.1, -0.05) is 30.3 Å². The van der Waals surface area contributed by atoms with Crippen LogP contribution in [0.25, 0.3) is 0 Å². The number of anilines is 3. The number of nitro groups is 1. The van der Waals surface area contributed by atoms with E-state index in [0.717, 1.165) is 6.07 Å². The molecule has 27 heavy (non-hydrogen) atoms. The van der Waals surface area contributed by atoms with Crippen molar-refractivity contribution in [3.05, 3.63) is 52.1 Å². The Hall–Kier alpha value is -3.69. The first-order chi connectivity index (χ1) is 12.8. The second kappa shape index (κ2) is 8.61. The number of hydrogen-bond donors (Lipinski definition) is 3. The number of carbonyl (C=O) groups excluding carboxylic acids is 2. The number of amides is 1. The van der Waals surface area contributed by atoms with Gasteiger partial charge in [0.1, 0.15) is 11.5 Å². The number of hydrogen-bond acceptors (Lipinski definition) is 8. The Morgan fingerprint density at radius 3 is 2.59 bits per heavy atom. The molecule has 0 spiro atoms. The molecule has 0 bridgehead atoms. The zero-order chi connectivity index (χ0) is 20.0. The summed E-state index contributed by atoms with van der Waals surface area (Å²) in [6.45, 7) is 3.31. The van der Waals surface area contributed by atoms with Gasteiger partial charge in [-0.2, -0.15) is 0 Å². The zero-order valence-corrected chi connectivity index (χ0v) is 14.8. The number of aromatic nitrogens is 1. The maximum Gasteiger partial charge on any atom is 0.412 e. The van der Waals surface area contributed by atoms with Crippen molar-refractivity contribution in [2.45, 2.75) is 19.9 Å². The Labute approximate surface area is 154 Å². The maximum atomic E-state index is 12.5. The number of Topliss-reactive ketones (excluding diaryl/α,β-unsaturated/α-hetero) is 1. The molecule has 2 rings (SSSR count). The standard InChI is InChI=1S/C17H19N5O5/c1-3-27-17(24)21-13-9-12(18)14(22(25)26)16(20-13)19-10(2)15(23)11-7-5-4-6-8-11/h4-10H,3H2,1-2H3,(H4,18,19,20,21,24). The summed E-state index contributed by atoms with van der Waals surface area (Å²) in [5.41, 5.74) is 5.47. The molecule has 0 aliphatic rings. The summed E-state index contributed by atoms with van der Waals surface area (Å²) in [7, 11) is 0. The van der Waals surface area contributed by atoms with Gasteiger partial charge in [-0.05, 0) is 13.8 Å². The van der Waals surface area contributed by atoms with Crippen LogP contribution < -0.4 is 16.4 Å². The summed E-state index contributed by atoms with van der Waals surface area (Å²) < 4.78 is 4.74. The number of ketones is 1. The lowest BCUT2D eigenvalue weighted by Crippen LogP contribution is -2.27. The van der Waals surface area contributed by atoms with E-state index >= 15 is 0 Å². The highest BCUT2D eigenvalue weighted by molar-refractivity contribution is 6.01. The molecule has 1 amide bonds. The number of nitrogens with one attached hydrogen (secondary N) is 2. The van der Waals surface area contributed by atoms with Crippen molar-refractivity contribution in [2.24, 2.45) is 0 Å². The SMILES string of the molecule is CCOC(=O)Nc1cc(N)c([N+](=O)[O-])c(NC(C)C(=O)c2ccccc2)n1. The van der Waals surface area contributed by atoms with E-state index in [4.69, 9.17) is 10.5 Å². The molecule has 4 N–H and O–H groups in total. The van der Waals surface area contributed by atoms with E-state index in [1.165, 1.54) is 0 Å². The molecule has 1 heterocycles. The number of benzene rings is 1. The van der Waals surface area contributed by atoms with Crippen molar-refractivity contribution in [2.75, 3.05) is 23.0 Å². The fraction of sp³-hybridized carbons (Fsp3) is 0.235. The first-order valence-corrected chi connectivity index (χ1v) is 8.08. The highest BCUT2D eigenvalue weighted by Crippen LogP contribution is 2.32. The molecule has 0 aliphatic carbocycles. The molecule has 1 aromatic heterocycles. The van der Waals surface area contributed by atoms with Gasteiger partial charge < -0.3 is 15.8 Å². The molecule has 1 aromatic carbocycles. The topological polar surface area (TPSA) is 149 Å². The summed E-state index contributed by atoms with van der Waals surface area (Å²) in [6, 6.07) is 8.78. The molecule has 0 radical (unpaired) electrons. The lowest BCUT2D eigenvalue weighted by Gasteiger charge is -2.15. The fourth-order valence-corrected chi connectivity index (χ4v) is 2.31. The van der Waals surface area contributed by atoms with Gasteiger partial charge in [0, 0.05) is 11.6 Å². The molecule has 0 saturated carbocycles. The quantitative estimate of drug-likeness (QED) is 0.381. The van der Waals surface area contributed by atoms with Gasteiger partial charge in [0.25, 0.3) is 0 Å². The van der Waals surface area contributed by atoms with Crippen LogP contribution >= 0.6 is 0 Å². The van der Waals surface area contributed by atoms with Gasteiger partial charge in [0.2, 0.25) is 5.82 Å². The van der Waals surface area contributed by atoms with E-state index in [-0.39, 0.29) is 29.7 Å². The molecule has 1 atom stereocenters. The predicted molar refractivity (Wildman–Crippen MR) is 99.8 cm³/mol. The van der Waals surface area contributed by atoms with Crippen molar-refractivity contribution >= 4 is 34.9 Å². The lowest BCUT2D eigenvalue weighted by molar-refractivity contribution is -0.383. The Morgan fingerprint density at radius 2 is 2.00 bits per heavy atom. The third-order valence-corrected chi connectivity index (χ3v) is 3.52. The van der Waals surface area contributed by atoms with Crippen molar-refractivity contribution < 1.29 is 19.2 Å². The normalized spacial score (nSPS) is 11.3. The fourth-order valence-electron chi connectivity index (χ4n) is 2.31. The van der Waals surface area contributed by atoms with Crippen LogP contribution in [0.1, 0.15) is 24.2 Å². The number of carbonyl (C=O) groups is 2. The number of nitrogens with two attached hydrogens (primary N) is 1. The van der Waals surface area contributed by atoms with E-state index in [2.05, 4.69) is 15.6 Å². The highest BCUT2D eigenvalue weighted by Gasteiger charge is 2.25. The average Bonchev–Trinajstić information content (AvgIpc) is 2.61. The van der Waals surface area contributed by atoms with Crippen molar-refractivity contribution in [1.82, 2.24) is 4.98 Å². The predicted octanol–water partition coefficient (Wildman–Crippen LogP) is 2.82. The van der Waals surface area contributed by atoms with Gasteiger partial charge in [-0.15, -0.1) is 0 Å². The molecular weight excluding hydrogens is 354 g/mol. The van der Waals surface area contributed by atoms with Crippen LogP contribution in [0.2, 0.25) is 0 Å². The highest BCUT2D eigenvalue weighted by atomic mass is 16.6. The molecule has 0 fully saturated rings. The van der Waals surface area contributed by atoms with Crippen LogP contribution in [0.3, 0.4) is 0 Å². The third-order valence-electron chi connectivity index (χ3n) is 3.52. The summed E-state index contributed by atoms with van der Waals surface area (Å²) in [5.74, 6) is -0.559. The summed E-state index contributed by atoms with van der Waals surface area (Å²) in [4.78, 5) is 38.7. The molecular formula is C17H19N5O5. The van der Waals surface area contributed by atoms with E-state index in [9.17, 15) is 19.7 Å². The van der Waals surface area contributed by atoms with Crippen LogP contribution in [0.4, 0.5) is 27.8 Å². The number of nitrogen functional groups attached to an aromatic ring is 1. The molecule has 0 saturated heterocycles. The van der Waals surface area contributed by atoms with Crippen molar-refractivity contribution in [1.29, 1.82) is 0 Å². The Balaban J connectivity index is 2.32. The van der Waals surface area contributed by atoms with Crippen LogP contribution in [0.5, 0.6) is 0 Å². The zero-order valence-electron chi connectivity index (χ0n) is 14.8. The van der Waals surface area contributed by atoms with Gasteiger partial charge in [-0.3, -0.25) is 20.2 Å². The minimum absolute atomic E-state index is 0.0431. The Kier molecular flexibility index (Phi) is 6.26. The van der Waals surface area contributed by atoms with E-state index in [1.54, 1.807) is 44.2 Å². The van der Waals surface area contributed by atoms with Gasteiger partial charge in [0.15, 0.2) is 5.78 Å². The van der Waals surface area contributed by atoms with Gasteiger partial charge in [-0.25, -0.2) is 9.78 Å². The van der Waals surface area contributed by atoms with Gasteiger partial charge >= 0.3 is 11.8 Å². The number of pyridine rings is 1. The summed E-state index contributed by atoms with van der Waals surface area (Å²) in [5, 5.41) is 16.4. The van der Waals surface area contributed by atoms with Crippen LogP contribution in [0.15, 0.2) is 36.4 Å². The van der Waals surface area contributed by atoms with Crippen LogP contribution in [-0.4, -0.2) is 34.4 Å². The molecule has 142 valence electrons. The smallest absolute Gasteiger partial charge is 0.412 e. The van der Waals surface area contributed by atoms with Crippen LogP contribution in [-0.2, 0) is 4.74 Å². The number of ether oxygens (including phenoxy) is 1. The van der Waals surface area contributed by atoms with Crippen molar-refractivity contribution in [3.63, 3.8) is 0 Å². The molecule has 2 aromatic rings. The van der Waals surface area contributed by atoms with Crippen LogP contribution in [0, 0.1) is 10.1 Å². The second-order valence-corrected chi connectivity index (χ2v) is 5.49. The first-order valence-electron chi connectivity index (χ1n) is 8.08. The molecule has 0 aliphatic heterocycles. The minimum atomic E-state index is -0.823. The molecule has 10 heteroatoms. The number of nitrogens with zero attached hydrogens (tertiary/aromatic N) is 2. The van der Waals surface area contributed by atoms with E-state index < -0.39 is 22.7 Å². The largest absolute Gasteiger partial charge is 0.450 e. The van der Waals surface area contributed by atoms with E-state index in [0.29, 0.717) is 5.56 Å². The Morgan fingerprint density at radius 1 is 1.33 bits per heavy atom. The average molecular weight is 373 g/mol.